The lowest BCUT2D eigenvalue weighted by molar-refractivity contribution is -0.643. The van der Waals surface area contributed by atoms with Gasteiger partial charge in [0.25, 0.3) is 0 Å². The number of nitrogens with zero attached hydrogens (tertiary/aromatic N) is 1. The van der Waals surface area contributed by atoms with E-state index in [0.29, 0.717) is 10.7 Å². The lowest BCUT2D eigenvalue weighted by Gasteiger charge is -2.11. The Morgan fingerprint density at radius 2 is 2.50 bits per heavy atom. The Morgan fingerprint density at radius 1 is 1.75 bits per heavy atom. The molecule has 2 atom stereocenters. The van der Waals surface area contributed by atoms with Gasteiger partial charge in [0, 0.05) is 18.0 Å². The standard InChI is InChI=1S/C6H9BrN2S2.BrH/c1-4-8-9-5(2-7)3-10-6(9)11-4;/h5-6H,2-3H2,1H3;1H. The predicted octanol–water partition coefficient (Wildman–Crippen LogP) is -2.75. The lowest BCUT2D eigenvalue weighted by Crippen LogP contribution is -3.00. The van der Waals surface area contributed by atoms with Crippen LogP contribution in [0.1, 0.15) is 6.92 Å². The number of hydrazone groups is 1. The van der Waals surface area contributed by atoms with Crippen molar-refractivity contribution in [2.24, 2.45) is 0 Å². The Kier molecular flexibility index (Phi) is 4.27. The Morgan fingerprint density at radius 3 is 3.17 bits per heavy atom. The largest absolute Gasteiger partial charge is 1.00 e. The van der Waals surface area contributed by atoms with Crippen LogP contribution in [0.3, 0.4) is 0 Å². The number of hydrogen-bond acceptors (Lipinski definition) is 3. The number of alkyl halides is 1. The third-order valence-electron chi connectivity index (χ3n) is 1.79. The zero-order chi connectivity index (χ0) is 7.84. The van der Waals surface area contributed by atoms with Crippen LogP contribution in [-0.4, -0.2) is 31.9 Å². The van der Waals surface area contributed by atoms with E-state index in [1.54, 1.807) is 0 Å². The molecule has 12 heavy (non-hydrogen) atoms. The second-order valence-corrected chi connectivity index (χ2v) is 6.00. The van der Waals surface area contributed by atoms with Crippen molar-refractivity contribution in [1.29, 1.82) is 0 Å². The second-order valence-electron chi connectivity index (χ2n) is 2.64. The normalized spacial score (nSPS) is 32.8. The first kappa shape index (κ1) is 11.2. The molecule has 2 heterocycles. The highest BCUT2D eigenvalue weighted by atomic mass is 79.9. The summed E-state index contributed by atoms with van der Waals surface area (Å²) in [7, 11) is 0. The van der Waals surface area contributed by atoms with Gasteiger partial charge in [-0.2, -0.15) is 5.01 Å². The highest BCUT2D eigenvalue weighted by Gasteiger charge is 2.42. The van der Waals surface area contributed by atoms with Gasteiger partial charge in [0.15, 0.2) is 4.71 Å². The molecule has 0 saturated carbocycles. The van der Waals surface area contributed by atoms with Gasteiger partial charge in [0.2, 0.25) is 5.04 Å². The fraction of sp³-hybridized carbons (Fsp3) is 0.833. The number of nitrogens with one attached hydrogen (secondary N) is 1. The molecule has 2 aliphatic heterocycles. The van der Waals surface area contributed by atoms with Crippen LogP contribution >= 0.6 is 39.5 Å². The summed E-state index contributed by atoms with van der Waals surface area (Å²) in [6.07, 6.45) is 0. The topological polar surface area (TPSA) is 17.2 Å². The first-order valence-corrected chi connectivity index (χ1v) is 6.59. The van der Waals surface area contributed by atoms with E-state index in [2.05, 4.69) is 33.0 Å². The molecular formula is C6H10Br2N2S2. The molecule has 0 aromatic rings. The number of hydrazine groups is 1. The van der Waals surface area contributed by atoms with E-state index in [9.17, 15) is 0 Å². The molecule has 2 unspecified atom stereocenters. The third kappa shape index (κ3) is 1.96. The molecular weight excluding hydrogens is 324 g/mol. The van der Waals surface area contributed by atoms with Gasteiger partial charge < -0.3 is 17.0 Å². The summed E-state index contributed by atoms with van der Waals surface area (Å²) in [6, 6.07) is 0.662. The number of hydrogen-bond donors (Lipinski definition) is 1. The van der Waals surface area contributed by atoms with E-state index >= 15 is 0 Å². The van der Waals surface area contributed by atoms with E-state index in [-0.39, 0.29) is 17.0 Å². The molecule has 0 amide bonds. The van der Waals surface area contributed by atoms with Crippen molar-refractivity contribution in [3.8, 4) is 0 Å². The second kappa shape index (κ2) is 4.57. The first-order valence-electron chi connectivity index (χ1n) is 3.54. The molecule has 1 saturated heterocycles. The zero-order valence-corrected chi connectivity index (χ0v) is 11.4. The zero-order valence-electron chi connectivity index (χ0n) is 6.59. The van der Waals surface area contributed by atoms with Gasteiger partial charge in [-0.25, -0.2) is 0 Å². The summed E-state index contributed by atoms with van der Waals surface area (Å²) in [5, 5.41) is 8.12. The molecule has 0 spiro atoms. The number of fused-ring (bicyclic) bond motifs is 1. The summed E-state index contributed by atoms with van der Waals surface area (Å²) < 4.78 is 0.623. The summed E-state index contributed by atoms with van der Waals surface area (Å²) >= 11 is 7.47. The molecule has 2 nitrogen and oxygen atoms in total. The molecule has 0 bridgehead atoms. The maximum atomic E-state index is 3.52. The lowest BCUT2D eigenvalue weighted by atomic mass is 10.4. The molecule has 2 aliphatic rings. The minimum atomic E-state index is 0. The summed E-state index contributed by atoms with van der Waals surface area (Å²) in [5.74, 6) is 1.24. The van der Waals surface area contributed by atoms with Crippen LogP contribution in [0.4, 0.5) is 0 Å². The van der Waals surface area contributed by atoms with E-state index in [0.717, 1.165) is 5.33 Å². The van der Waals surface area contributed by atoms with E-state index in [1.165, 1.54) is 10.8 Å². The van der Waals surface area contributed by atoms with Gasteiger partial charge in [-0.05, 0) is 11.8 Å². The smallest absolute Gasteiger partial charge is 0.237 e. The molecule has 0 aliphatic carbocycles. The Labute approximate surface area is 99.8 Å². The van der Waals surface area contributed by atoms with E-state index in [1.807, 2.05) is 23.5 Å². The van der Waals surface area contributed by atoms with Crippen LogP contribution in [0.2, 0.25) is 0 Å². The molecule has 1 fully saturated rings. The predicted molar refractivity (Wildman–Crippen MR) is 54.9 cm³/mol. The maximum Gasteiger partial charge on any atom is 0.237 e. The molecule has 2 rings (SSSR count). The average Bonchev–Trinajstić information content (AvgIpc) is 2.45. The highest BCUT2D eigenvalue weighted by Crippen LogP contribution is 2.35. The first-order chi connectivity index (χ1) is 5.31. The van der Waals surface area contributed by atoms with Gasteiger partial charge in [0.1, 0.15) is 6.04 Å². The minimum absolute atomic E-state index is 0. The van der Waals surface area contributed by atoms with Crippen molar-refractivity contribution in [1.82, 2.24) is 5.01 Å². The number of rotatable bonds is 1. The number of halogens is 2. The quantitative estimate of drug-likeness (QED) is 0.524. The van der Waals surface area contributed by atoms with Crippen molar-refractivity contribution in [2.75, 3.05) is 11.1 Å². The summed E-state index contributed by atoms with van der Waals surface area (Å²) in [4.78, 5) is 0. The van der Waals surface area contributed by atoms with Crippen LogP contribution in [0.5, 0.6) is 0 Å². The molecule has 0 radical (unpaired) electrons. The Balaban J connectivity index is 0.000000720. The van der Waals surface area contributed by atoms with Crippen molar-refractivity contribution < 1.29 is 22.1 Å². The van der Waals surface area contributed by atoms with Gasteiger partial charge >= 0.3 is 0 Å². The van der Waals surface area contributed by atoms with Crippen LogP contribution in [-0.2, 0) is 0 Å². The van der Waals surface area contributed by atoms with E-state index < -0.39 is 0 Å². The summed E-state index contributed by atoms with van der Waals surface area (Å²) in [6.45, 7) is 2.13. The van der Waals surface area contributed by atoms with Crippen LogP contribution in [0, 0.1) is 0 Å². The SMILES string of the molecule is CC1=[NH+]N2C(CBr)CSC2S1.[Br-]. The van der Waals surface area contributed by atoms with Gasteiger partial charge in [0.05, 0.1) is 0 Å². The third-order valence-corrected chi connectivity index (χ3v) is 5.20. The minimum Gasteiger partial charge on any atom is -1.00 e. The van der Waals surface area contributed by atoms with Crippen LogP contribution < -0.4 is 22.1 Å². The molecule has 6 heteroatoms. The van der Waals surface area contributed by atoms with Crippen molar-refractivity contribution >= 4 is 44.5 Å². The molecule has 0 aromatic carbocycles. The molecule has 70 valence electrons. The summed E-state index contributed by atoms with van der Waals surface area (Å²) in [5.41, 5.74) is 0. The number of thioether (sulfide) groups is 2. The van der Waals surface area contributed by atoms with Crippen LogP contribution in [0.15, 0.2) is 0 Å². The van der Waals surface area contributed by atoms with Gasteiger partial charge in [-0.15, -0.1) is 16.9 Å². The monoisotopic (exact) mass is 332 g/mol. The fourth-order valence-electron chi connectivity index (χ4n) is 1.24. The Hall–Kier alpha value is 1.13. The van der Waals surface area contributed by atoms with Gasteiger partial charge in [-0.3, -0.25) is 0 Å². The Bertz CT molecular complexity index is 200. The maximum absolute atomic E-state index is 3.52. The van der Waals surface area contributed by atoms with Crippen molar-refractivity contribution in [3.05, 3.63) is 0 Å². The molecule has 1 N–H and O–H groups in total. The van der Waals surface area contributed by atoms with E-state index in [4.69, 9.17) is 0 Å². The van der Waals surface area contributed by atoms with Crippen LogP contribution in [0.25, 0.3) is 0 Å². The van der Waals surface area contributed by atoms with Gasteiger partial charge in [-0.1, -0.05) is 15.9 Å². The fourth-order valence-corrected chi connectivity index (χ4v) is 4.87. The van der Waals surface area contributed by atoms with Crippen molar-refractivity contribution in [3.63, 3.8) is 0 Å². The van der Waals surface area contributed by atoms with Crippen molar-refractivity contribution in [2.45, 2.75) is 17.7 Å². The average molecular weight is 334 g/mol. The molecule has 0 aromatic heterocycles. The highest BCUT2D eigenvalue weighted by molar-refractivity contribution is 9.09.